The van der Waals surface area contributed by atoms with Gasteiger partial charge >= 0.3 is 0 Å². The van der Waals surface area contributed by atoms with Gasteiger partial charge in [0.2, 0.25) is 0 Å². The van der Waals surface area contributed by atoms with Crippen molar-refractivity contribution < 1.29 is 19.2 Å². The van der Waals surface area contributed by atoms with Gasteiger partial charge in [-0.1, -0.05) is 23.8 Å². The van der Waals surface area contributed by atoms with Crippen molar-refractivity contribution in [1.29, 1.82) is 0 Å². The molecular formula is C17H15NO5. The van der Waals surface area contributed by atoms with Gasteiger partial charge in [-0.2, -0.15) is 0 Å². The predicted molar refractivity (Wildman–Crippen MR) is 82.9 cm³/mol. The van der Waals surface area contributed by atoms with Crippen LogP contribution in [0.15, 0.2) is 42.5 Å². The molecule has 0 N–H and O–H groups in total. The molecule has 1 unspecified atom stereocenters. The maximum Gasteiger partial charge on any atom is 0.280 e. The third-order valence-electron chi connectivity index (χ3n) is 3.53. The van der Waals surface area contributed by atoms with Gasteiger partial charge in [-0.15, -0.1) is 0 Å². The lowest BCUT2D eigenvalue weighted by molar-refractivity contribution is -0.385. The number of hydrogen-bond donors (Lipinski definition) is 0. The third-order valence-corrected chi connectivity index (χ3v) is 3.53. The summed E-state index contributed by atoms with van der Waals surface area (Å²) in [6.07, 6.45) is 0.0705. The van der Waals surface area contributed by atoms with Gasteiger partial charge in [-0.3, -0.25) is 14.9 Å². The number of nitro benzene ring substituents is 1. The second-order valence-electron chi connectivity index (χ2n) is 5.40. The second-order valence-corrected chi connectivity index (χ2v) is 5.40. The summed E-state index contributed by atoms with van der Waals surface area (Å²) in [5, 5.41) is 11.2. The van der Waals surface area contributed by atoms with Crippen molar-refractivity contribution in [1.82, 2.24) is 0 Å². The van der Waals surface area contributed by atoms with Crippen LogP contribution < -0.4 is 4.74 Å². The molecule has 1 aliphatic rings. The molecule has 0 spiro atoms. The monoisotopic (exact) mass is 313 g/mol. The van der Waals surface area contributed by atoms with Crippen molar-refractivity contribution >= 4 is 11.5 Å². The van der Waals surface area contributed by atoms with Crippen LogP contribution in [0.25, 0.3) is 0 Å². The molecular weight excluding hydrogens is 298 g/mol. The molecule has 2 aromatic carbocycles. The lowest BCUT2D eigenvalue weighted by Gasteiger charge is -2.08. The number of nitro groups is 1. The number of benzene rings is 2. The molecule has 118 valence electrons. The average molecular weight is 313 g/mol. The van der Waals surface area contributed by atoms with Crippen LogP contribution in [0.3, 0.4) is 0 Å². The van der Waals surface area contributed by atoms with E-state index in [-0.39, 0.29) is 17.4 Å². The number of ether oxygens (including phenoxy) is 2. The van der Waals surface area contributed by atoms with Crippen molar-refractivity contribution in [2.24, 2.45) is 0 Å². The Bertz CT molecular complexity index is 767. The lowest BCUT2D eigenvalue weighted by Crippen LogP contribution is -2.08. The molecule has 0 aliphatic carbocycles. The van der Waals surface area contributed by atoms with Crippen molar-refractivity contribution in [3.8, 4) is 5.75 Å². The highest BCUT2D eigenvalue weighted by Crippen LogP contribution is 2.27. The Balaban J connectivity index is 1.94. The van der Waals surface area contributed by atoms with Crippen molar-refractivity contribution in [3.05, 3.63) is 69.3 Å². The van der Waals surface area contributed by atoms with Crippen LogP contribution in [0.4, 0.5) is 5.69 Å². The van der Waals surface area contributed by atoms with E-state index >= 15 is 0 Å². The summed E-state index contributed by atoms with van der Waals surface area (Å²) in [5.74, 6) is 0.0237. The summed E-state index contributed by atoms with van der Waals surface area (Å²) in [7, 11) is 0. The number of carbonyl (C=O) groups is 1. The molecule has 0 bridgehead atoms. The SMILES string of the molecule is Cc1cccc(C(=O)c2cc(OCC3CO3)ccc2[N+](=O)[O-])c1. The van der Waals surface area contributed by atoms with Crippen molar-refractivity contribution in [3.63, 3.8) is 0 Å². The zero-order valence-electron chi connectivity index (χ0n) is 12.5. The zero-order valence-corrected chi connectivity index (χ0v) is 12.5. The fraction of sp³-hybridized carbons (Fsp3) is 0.235. The van der Waals surface area contributed by atoms with E-state index in [9.17, 15) is 14.9 Å². The number of epoxide rings is 1. The van der Waals surface area contributed by atoms with E-state index in [4.69, 9.17) is 9.47 Å². The van der Waals surface area contributed by atoms with Crippen LogP contribution in [-0.2, 0) is 4.74 Å². The molecule has 2 aromatic rings. The molecule has 0 amide bonds. The van der Waals surface area contributed by atoms with E-state index in [1.165, 1.54) is 18.2 Å². The van der Waals surface area contributed by atoms with Crippen LogP contribution >= 0.6 is 0 Å². The predicted octanol–water partition coefficient (Wildman–Crippen LogP) is 2.91. The molecule has 1 fully saturated rings. The highest BCUT2D eigenvalue weighted by atomic mass is 16.6. The minimum atomic E-state index is -0.559. The van der Waals surface area contributed by atoms with E-state index in [1.807, 2.05) is 13.0 Å². The molecule has 0 saturated carbocycles. The number of hydrogen-bond acceptors (Lipinski definition) is 5. The molecule has 23 heavy (non-hydrogen) atoms. The number of nitrogens with zero attached hydrogens (tertiary/aromatic N) is 1. The largest absolute Gasteiger partial charge is 0.491 e. The molecule has 1 atom stereocenters. The summed E-state index contributed by atoms with van der Waals surface area (Å²) < 4.78 is 10.6. The summed E-state index contributed by atoms with van der Waals surface area (Å²) in [6, 6.07) is 11.2. The van der Waals surface area contributed by atoms with E-state index in [0.717, 1.165) is 5.56 Å². The Kier molecular flexibility index (Phi) is 4.08. The Hall–Kier alpha value is -2.73. The van der Waals surface area contributed by atoms with Gasteiger partial charge in [-0.05, 0) is 25.1 Å². The number of aryl methyl sites for hydroxylation is 1. The Morgan fingerprint density at radius 2 is 2.13 bits per heavy atom. The maximum atomic E-state index is 12.6. The smallest absolute Gasteiger partial charge is 0.280 e. The Morgan fingerprint density at radius 3 is 2.78 bits per heavy atom. The molecule has 0 radical (unpaired) electrons. The van der Waals surface area contributed by atoms with Crippen LogP contribution in [0.1, 0.15) is 21.5 Å². The summed E-state index contributed by atoms with van der Waals surface area (Å²) in [5.41, 5.74) is 1.12. The topological polar surface area (TPSA) is 82.0 Å². The molecule has 3 rings (SSSR count). The first-order chi connectivity index (χ1) is 11.0. The van der Waals surface area contributed by atoms with Gasteiger partial charge in [-0.25, -0.2) is 0 Å². The summed E-state index contributed by atoms with van der Waals surface area (Å²) in [4.78, 5) is 23.3. The number of ketones is 1. The first-order valence-corrected chi connectivity index (χ1v) is 7.19. The van der Waals surface area contributed by atoms with Gasteiger partial charge in [0.1, 0.15) is 24.0 Å². The van der Waals surface area contributed by atoms with Crippen LogP contribution in [0.2, 0.25) is 0 Å². The van der Waals surface area contributed by atoms with E-state index in [1.54, 1.807) is 18.2 Å². The van der Waals surface area contributed by atoms with Gasteiger partial charge in [0.05, 0.1) is 11.5 Å². The molecule has 6 heteroatoms. The first kappa shape index (κ1) is 15.2. The minimum absolute atomic E-state index is 0.0230. The van der Waals surface area contributed by atoms with Crippen LogP contribution in [-0.4, -0.2) is 30.0 Å². The van der Waals surface area contributed by atoms with Gasteiger partial charge in [0, 0.05) is 11.6 Å². The second kappa shape index (κ2) is 6.18. The first-order valence-electron chi connectivity index (χ1n) is 7.19. The highest BCUT2D eigenvalue weighted by molar-refractivity contribution is 6.11. The number of rotatable bonds is 6. The Morgan fingerprint density at radius 1 is 1.35 bits per heavy atom. The molecule has 1 heterocycles. The summed E-state index contributed by atoms with van der Waals surface area (Å²) in [6.45, 7) is 2.89. The van der Waals surface area contributed by atoms with Gasteiger partial charge in [0.25, 0.3) is 5.69 Å². The minimum Gasteiger partial charge on any atom is -0.491 e. The zero-order chi connectivity index (χ0) is 16.4. The summed E-state index contributed by atoms with van der Waals surface area (Å²) >= 11 is 0. The third kappa shape index (κ3) is 3.54. The molecule has 1 aliphatic heterocycles. The van der Waals surface area contributed by atoms with Crippen LogP contribution in [0.5, 0.6) is 5.75 Å². The van der Waals surface area contributed by atoms with E-state index in [2.05, 4.69) is 0 Å². The Labute approximate surface area is 132 Å². The number of carbonyl (C=O) groups excluding carboxylic acids is 1. The highest BCUT2D eigenvalue weighted by Gasteiger charge is 2.25. The maximum absolute atomic E-state index is 12.6. The van der Waals surface area contributed by atoms with Gasteiger partial charge in [0.15, 0.2) is 5.78 Å². The quantitative estimate of drug-likeness (QED) is 0.354. The van der Waals surface area contributed by atoms with Crippen molar-refractivity contribution in [2.75, 3.05) is 13.2 Å². The van der Waals surface area contributed by atoms with Crippen molar-refractivity contribution in [2.45, 2.75) is 13.0 Å². The molecule has 0 aromatic heterocycles. The van der Waals surface area contributed by atoms with E-state index in [0.29, 0.717) is 24.5 Å². The van der Waals surface area contributed by atoms with Crippen LogP contribution in [0, 0.1) is 17.0 Å². The fourth-order valence-corrected chi connectivity index (χ4v) is 2.24. The van der Waals surface area contributed by atoms with E-state index < -0.39 is 10.7 Å². The van der Waals surface area contributed by atoms with Gasteiger partial charge < -0.3 is 9.47 Å². The standard InChI is InChI=1S/C17H15NO5/c1-11-3-2-4-12(7-11)17(19)15-8-13(22-9-14-10-23-14)5-6-16(15)18(20)21/h2-8,14H,9-10H2,1H3. The average Bonchev–Trinajstić information content (AvgIpc) is 3.36. The molecule has 1 saturated heterocycles. The fourth-order valence-electron chi connectivity index (χ4n) is 2.24. The molecule has 6 nitrogen and oxygen atoms in total. The normalized spacial score (nSPS) is 16.0. The lowest BCUT2D eigenvalue weighted by atomic mass is 10.00.